The first-order chi connectivity index (χ1) is 23.3. The van der Waals surface area contributed by atoms with Crippen molar-refractivity contribution in [2.24, 2.45) is 0 Å². The summed E-state index contributed by atoms with van der Waals surface area (Å²) in [6.07, 6.45) is 0. The summed E-state index contributed by atoms with van der Waals surface area (Å²) in [4.78, 5) is 0. The highest BCUT2D eigenvalue weighted by Gasteiger charge is 2.21. The van der Waals surface area contributed by atoms with Gasteiger partial charge >= 0.3 is 0 Å². The van der Waals surface area contributed by atoms with Crippen molar-refractivity contribution in [3.8, 4) is 34.0 Å². The van der Waals surface area contributed by atoms with E-state index in [0.717, 1.165) is 93.6 Å². The molecular weight excluding hydrogens is 576 g/mol. The van der Waals surface area contributed by atoms with E-state index < -0.39 is 0 Å². The molecule has 0 aliphatic rings. The van der Waals surface area contributed by atoms with Gasteiger partial charge in [0.1, 0.15) is 16.7 Å². The van der Waals surface area contributed by atoms with Crippen molar-refractivity contribution >= 4 is 65.7 Å². The number of nitriles is 1. The summed E-state index contributed by atoms with van der Waals surface area (Å²) in [5, 5.41) is 16.1. The van der Waals surface area contributed by atoms with E-state index in [1.54, 1.807) is 0 Å². The van der Waals surface area contributed by atoms with E-state index in [2.05, 4.69) is 114 Å². The Balaban J connectivity index is 1.30. The number of hydrogen-bond acceptors (Lipinski definition) is 3. The first kappa shape index (κ1) is 25.7. The molecule has 4 nitrogen and oxygen atoms in total. The minimum Gasteiger partial charge on any atom is -0.455 e. The summed E-state index contributed by atoms with van der Waals surface area (Å²) in [5.74, 6) is 0. The fraction of sp³-hybridized carbons (Fsp3) is 0. The summed E-state index contributed by atoms with van der Waals surface area (Å²) < 4.78 is 15.7. The summed E-state index contributed by atoms with van der Waals surface area (Å²) >= 11 is 0. The highest BCUT2D eigenvalue weighted by atomic mass is 16.3. The van der Waals surface area contributed by atoms with Crippen molar-refractivity contribution in [3.05, 3.63) is 151 Å². The molecule has 0 radical (unpaired) electrons. The van der Waals surface area contributed by atoms with Crippen molar-refractivity contribution in [3.63, 3.8) is 0 Å². The second-order valence-corrected chi connectivity index (χ2v) is 12.0. The third-order valence-corrected chi connectivity index (χ3v) is 9.42. The van der Waals surface area contributed by atoms with Crippen LogP contribution in [0.25, 0.3) is 93.6 Å². The number of aromatic nitrogens is 1. The molecule has 3 aromatic heterocycles. The van der Waals surface area contributed by atoms with E-state index in [4.69, 9.17) is 8.83 Å². The number of para-hydroxylation sites is 4. The molecule has 0 aliphatic heterocycles. The average Bonchev–Trinajstić information content (AvgIpc) is 3.81. The maximum Gasteiger partial charge on any atom is 0.159 e. The van der Waals surface area contributed by atoms with Crippen molar-refractivity contribution in [2.75, 3.05) is 0 Å². The van der Waals surface area contributed by atoms with Gasteiger partial charge in [0.25, 0.3) is 0 Å². The Morgan fingerprint density at radius 3 is 2.02 bits per heavy atom. The number of hydrogen-bond donors (Lipinski definition) is 0. The van der Waals surface area contributed by atoms with Gasteiger partial charge in [-0.2, -0.15) is 5.26 Å². The Morgan fingerprint density at radius 2 is 1.15 bits per heavy atom. The molecule has 10 aromatic rings. The van der Waals surface area contributed by atoms with Gasteiger partial charge in [-0.3, -0.25) is 0 Å². The maximum absolute atomic E-state index is 9.66. The zero-order valence-electron chi connectivity index (χ0n) is 25.1. The van der Waals surface area contributed by atoms with Gasteiger partial charge in [-0.1, -0.05) is 97.1 Å². The van der Waals surface area contributed by atoms with Gasteiger partial charge in [-0.05, 0) is 59.7 Å². The fourth-order valence-corrected chi connectivity index (χ4v) is 7.33. The predicted octanol–water partition coefficient (Wildman–Crippen LogP) is 11.8. The molecule has 0 saturated carbocycles. The molecule has 10 rings (SSSR count). The normalized spacial score (nSPS) is 11.8. The SMILES string of the molecule is N#Cc1ccc2c(c1)c1ccccc1n2-c1cccc2c1oc1c(-c3ccccc3)cc(-c3cccc4c3oc3ccccc34)cc12. The van der Waals surface area contributed by atoms with Crippen molar-refractivity contribution in [1.29, 1.82) is 5.26 Å². The van der Waals surface area contributed by atoms with E-state index in [0.29, 0.717) is 5.56 Å². The number of benzene rings is 7. The van der Waals surface area contributed by atoms with Crippen LogP contribution in [-0.2, 0) is 0 Å². The van der Waals surface area contributed by atoms with Crippen LogP contribution in [0.4, 0.5) is 0 Å². The second kappa shape index (κ2) is 9.71. The monoisotopic (exact) mass is 600 g/mol. The van der Waals surface area contributed by atoms with Gasteiger partial charge < -0.3 is 13.4 Å². The molecule has 0 unspecified atom stereocenters. The molecule has 0 atom stereocenters. The first-order valence-electron chi connectivity index (χ1n) is 15.7. The quantitative estimate of drug-likeness (QED) is 0.203. The molecule has 0 amide bonds. The molecule has 0 fully saturated rings. The maximum atomic E-state index is 9.66. The van der Waals surface area contributed by atoms with Crippen LogP contribution in [0.15, 0.2) is 154 Å². The molecule has 0 spiro atoms. The third-order valence-electron chi connectivity index (χ3n) is 9.42. The van der Waals surface area contributed by atoms with E-state index in [1.165, 1.54) is 0 Å². The molecule has 47 heavy (non-hydrogen) atoms. The first-order valence-corrected chi connectivity index (χ1v) is 15.7. The van der Waals surface area contributed by atoms with Gasteiger partial charge in [0, 0.05) is 43.4 Å². The fourth-order valence-electron chi connectivity index (χ4n) is 7.33. The van der Waals surface area contributed by atoms with Crippen LogP contribution in [0.5, 0.6) is 0 Å². The van der Waals surface area contributed by atoms with E-state index >= 15 is 0 Å². The van der Waals surface area contributed by atoms with Gasteiger partial charge in [-0.25, -0.2) is 0 Å². The summed E-state index contributed by atoms with van der Waals surface area (Å²) in [5.41, 5.74) is 11.3. The van der Waals surface area contributed by atoms with E-state index in [-0.39, 0.29) is 0 Å². The largest absolute Gasteiger partial charge is 0.455 e. The highest BCUT2D eigenvalue weighted by Crippen LogP contribution is 2.44. The number of furan rings is 2. The summed E-state index contributed by atoms with van der Waals surface area (Å²) in [6.45, 7) is 0. The Labute approximate surface area is 268 Å². The number of nitrogens with zero attached hydrogens (tertiary/aromatic N) is 2. The van der Waals surface area contributed by atoms with Crippen LogP contribution in [-0.4, -0.2) is 4.57 Å². The molecule has 0 bridgehead atoms. The van der Waals surface area contributed by atoms with Crippen molar-refractivity contribution < 1.29 is 8.83 Å². The van der Waals surface area contributed by atoms with E-state index in [1.807, 2.05) is 42.5 Å². The Hall–Kier alpha value is -6.57. The number of rotatable bonds is 3. The molecule has 7 aromatic carbocycles. The van der Waals surface area contributed by atoms with Gasteiger partial charge in [-0.15, -0.1) is 0 Å². The van der Waals surface area contributed by atoms with Crippen LogP contribution in [0.3, 0.4) is 0 Å². The van der Waals surface area contributed by atoms with Gasteiger partial charge in [0.15, 0.2) is 5.58 Å². The Kier molecular flexibility index (Phi) is 5.32. The molecule has 0 aliphatic carbocycles. The summed E-state index contributed by atoms with van der Waals surface area (Å²) in [6, 6.07) is 52.4. The average molecular weight is 601 g/mol. The van der Waals surface area contributed by atoms with Gasteiger partial charge in [0.2, 0.25) is 0 Å². The standard InChI is InChI=1S/C43H24N2O2/c44-25-26-20-21-38-35(22-26)30-12-4-6-17-37(30)45(38)39-18-9-16-33-36-24-28(23-34(42(36)47-43(33)39)27-10-2-1-3-11-27)29-14-8-15-32-31-13-5-7-19-40(31)46-41(29)32/h1-24H. The molecule has 4 heteroatoms. The lowest BCUT2D eigenvalue weighted by atomic mass is 9.95. The third kappa shape index (κ3) is 3.69. The molecule has 218 valence electrons. The number of fused-ring (bicyclic) bond motifs is 9. The zero-order valence-corrected chi connectivity index (χ0v) is 25.1. The smallest absolute Gasteiger partial charge is 0.159 e. The second-order valence-electron chi connectivity index (χ2n) is 12.0. The zero-order chi connectivity index (χ0) is 31.1. The van der Waals surface area contributed by atoms with Crippen LogP contribution >= 0.6 is 0 Å². The predicted molar refractivity (Wildman–Crippen MR) is 191 cm³/mol. The van der Waals surface area contributed by atoms with Gasteiger partial charge in [0.05, 0.1) is 28.4 Å². The van der Waals surface area contributed by atoms with Crippen LogP contribution in [0.2, 0.25) is 0 Å². The molecule has 0 saturated heterocycles. The van der Waals surface area contributed by atoms with Crippen LogP contribution in [0, 0.1) is 11.3 Å². The lowest BCUT2D eigenvalue weighted by Crippen LogP contribution is -1.94. The van der Waals surface area contributed by atoms with Crippen LogP contribution < -0.4 is 0 Å². The minimum atomic E-state index is 0.641. The molecule has 0 N–H and O–H groups in total. The van der Waals surface area contributed by atoms with E-state index in [9.17, 15) is 5.26 Å². The highest BCUT2D eigenvalue weighted by molar-refractivity contribution is 6.17. The molecule has 3 heterocycles. The van der Waals surface area contributed by atoms with Crippen LogP contribution in [0.1, 0.15) is 5.56 Å². The topological polar surface area (TPSA) is 55.0 Å². The lowest BCUT2D eigenvalue weighted by Gasteiger charge is -2.08. The lowest BCUT2D eigenvalue weighted by molar-refractivity contribution is 0.667. The Bertz CT molecular complexity index is 2920. The molecular formula is C43H24N2O2. The Morgan fingerprint density at radius 1 is 0.447 bits per heavy atom. The van der Waals surface area contributed by atoms with Crippen molar-refractivity contribution in [1.82, 2.24) is 4.57 Å². The van der Waals surface area contributed by atoms with Crippen molar-refractivity contribution in [2.45, 2.75) is 0 Å². The minimum absolute atomic E-state index is 0.641. The summed E-state index contributed by atoms with van der Waals surface area (Å²) in [7, 11) is 0.